The fourth-order valence-electron chi connectivity index (χ4n) is 4.40. The molecule has 0 aromatic heterocycles. The van der Waals surface area contributed by atoms with Crippen LogP contribution < -0.4 is 21.6 Å². The van der Waals surface area contributed by atoms with Gasteiger partial charge in [-0.05, 0) is 24.6 Å². The third-order valence-corrected chi connectivity index (χ3v) is 7.51. The fourth-order valence-corrected chi connectivity index (χ4v) is 6.30. The lowest BCUT2D eigenvalue weighted by Crippen LogP contribution is -3.11. The van der Waals surface area contributed by atoms with E-state index in [1.54, 1.807) is 0 Å². The molecule has 2 aromatic carbocycles. The molecule has 2 heterocycles. The minimum atomic E-state index is -4.05. The Hall–Kier alpha value is -2.16. The minimum Gasteiger partial charge on any atom is -1.00 e. The van der Waals surface area contributed by atoms with E-state index in [1.807, 2.05) is 19.1 Å². The number of fused-ring (bicyclic) bond motifs is 3. The molecule has 0 radical (unpaired) electrons. The number of hydrogen-bond acceptors (Lipinski definition) is 4. The average Bonchev–Trinajstić information content (AvgIpc) is 2.95. The molecule has 0 spiro atoms. The van der Waals surface area contributed by atoms with Gasteiger partial charge in [-0.3, -0.25) is 14.4 Å². The Kier molecular flexibility index (Phi) is 5.40. The monoisotopic (exact) mass is 423 g/mol. The molecule has 0 aliphatic carbocycles. The first-order valence-corrected chi connectivity index (χ1v) is 10.4. The van der Waals surface area contributed by atoms with Crippen LogP contribution in [0.25, 0.3) is 0 Å². The number of nitro groups is 1. The molecule has 3 atom stereocenters. The normalized spacial score (nSPS) is 23.5. The van der Waals surface area contributed by atoms with Crippen LogP contribution in [0.5, 0.6) is 0 Å². The minimum absolute atomic E-state index is 0. The molecule has 2 aromatic rings. The second-order valence-electron chi connectivity index (χ2n) is 7.46. The average molecular weight is 424 g/mol. The topological polar surface area (TPSA) is 85.0 Å². The number of likely N-dealkylation sites (tertiary alicyclic amines) is 1. The van der Waals surface area contributed by atoms with Crippen LogP contribution in [-0.2, 0) is 10.0 Å². The summed E-state index contributed by atoms with van der Waals surface area (Å²) in [5, 5.41) is 11.4. The molecule has 4 rings (SSSR count). The first kappa shape index (κ1) is 20.6. The highest BCUT2D eigenvalue weighted by Gasteiger charge is 2.49. The smallest absolute Gasteiger partial charge is 0.289 e. The number of aryl methyl sites for hydroxylation is 1. The Balaban J connectivity index is 0.00000225. The van der Waals surface area contributed by atoms with Crippen molar-refractivity contribution in [2.45, 2.75) is 30.2 Å². The molecule has 2 aliphatic heterocycles. The summed E-state index contributed by atoms with van der Waals surface area (Å²) in [6.45, 7) is 3.72. The van der Waals surface area contributed by atoms with Gasteiger partial charge >= 0.3 is 0 Å². The fraction of sp³-hybridized carbons (Fsp3) is 0.368. The van der Waals surface area contributed by atoms with Crippen molar-refractivity contribution in [3.8, 4) is 0 Å². The van der Waals surface area contributed by atoms with E-state index in [9.17, 15) is 18.5 Å². The van der Waals surface area contributed by atoms with Gasteiger partial charge in [0.2, 0.25) is 0 Å². The number of hydrogen-bond donors (Lipinski definition) is 1. The number of nitrogens with one attached hydrogen (secondary N) is 1. The number of nitrogens with zero attached hydrogens (tertiary/aromatic N) is 2. The first-order valence-electron chi connectivity index (χ1n) is 9.00. The van der Waals surface area contributed by atoms with Gasteiger partial charge in [-0.15, -0.1) is 0 Å². The molecule has 1 fully saturated rings. The van der Waals surface area contributed by atoms with Crippen molar-refractivity contribution in [3.63, 3.8) is 0 Å². The summed E-state index contributed by atoms with van der Waals surface area (Å²) in [4.78, 5) is 11.9. The van der Waals surface area contributed by atoms with Gasteiger partial charge in [-0.1, -0.05) is 29.8 Å². The molecule has 3 unspecified atom stereocenters. The van der Waals surface area contributed by atoms with Crippen LogP contribution in [0.2, 0.25) is 0 Å². The van der Waals surface area contributed by atoms with E-state index in [4.69, 9.17) is 0 Å². The summed E-state index contributed by atoms with van der Waals surface area (Å²) in [6, 6.07) is 11.2. The largest absolute Gasteiger partial charge is 1.00 e. The van der Waals surface area contributed by atoms with E-state index in [0.29, 0.717) is 5.69 Å². The lowest BCUT2D eigenvalue weighted by atomic mass is 9.89. The summed E-state index contributed by atoms with van der Waals surface area (Å²) >= 11 is 0. The van der Waals surface area contributed by atoms with Crippen molar-refractivity contribution >= 4 is 21.4 Å². The molecule has 0 saturated carbocycles. The third-order valence-electron chi connectivity index (χ3n) is 5.62. The van der Waals surface area contributed by atoms with Crippen LogP contribution in [0.4, 0.5) is 11.4 Å². The Morgan fingerprint density at radius 3 is 2.64 bits per heavy atom. The van der Waals surface area contributed by atoms with Crippen molar-refractivity contribution in [2.24, 2.45) is 0 Å². The number of halogens is 1. The lowest BCUT2D eigenvalue weighted by molar-refractivity contribution is -0.886. The third kappa shape index (κ3) is 3.15. The van der Waals surface area contributed by atoms with E-state index in [1.165, 1.54) is 33.5 Å². The number of anilines is 1. The predicted octanol–water partition coefficient (Wildman–Crippen LogP) is -1.51. The SMILES string of the molecule is Cc1ccc2c(c1)C1C[NH+](C)CCC1N2S(=O)(=O)c1ccccc1[N+](=O)[O-].[Cl-]. The number of para-hydroxylation sites is 1. The van der Waals surface area contributed by atoms with E-state index in [0.717, 1.165) is 30.6 Å². The lowest BCUT2D eigenvalue weighted by Gasteiger charge is -2.34. The first-order chi connectivity index (χ1) is 12.8. The van der Waals surface area contributed by atoms with E-state index < -0.39 is 14.9 Å². The molecule has 7 nitrogen and oxygen atoms in total. The van der Waals surface area contributed by atoms with Crippen LogP contribution in [0.1, 0.15) is 23.5 Å². The second kappa shape index (κ2) is 7.35. The highest BCUT2D eigenvalue weighted by Crippen LogP contribution is 2.46. The van der Waals surface area contributed by atoms with Crippen molar-refractivity contribution in [2.75, 3.05) is 24.4 Å². The van der Waals surface area contributed by atoms with Gasteiger partial charge in [0.05, 0.1) is 42.7 Å². The van der Waals surface area contributed by atoms with Gasteiger partial charge in [-0.2, -0.15) is 0 Å². The number of sulfonamides is 1. The molecule has 1 N–H and O–H groups in total. The Morgan fingerprint density at radius 1 is 1.21 bits per heavy atom. The van der Waals surface area contributed by atoms with Gasteiger partial charge in [0.25, 0.3) is 15.7 Å². The van der Waals surface area contributed by atoms with Crippen LogP contribution >= 0.6 is 0 Å². The molecule has 28 heavy (non-hydrogen) atoms. The van der Waals surface area contributed by atoms with Gasteiger partial charge in [-0.25, -0.2) is 8.42 Å². The summed E-state index contributed by atoms with van der Waals surface area (Å²) in [5.41, 5.74) is 2.39. The summed E-state index contributed by atoms with van der Waals surface area (Å²) in [5.74, 6) is 0.103. The summed E-state index contributed by atoms with van der Waals surface area (Å²) < 4.78 is 28.6. The maximum atomic E-state index is 13.6. The van der Waals surface area contributed by atoms with Crippen LogP contribution in [0, 0.1) is 17.0 Å². The van der Waals surface area contributed by atoms with Gasteiger partial charge in [0.1, 0.15) is 0 Å². The van der Waals surface area contributed by atoms with Gasteiger partial charge < -0.3 is 17.3 Å². The van der Waals surface area contributed by atoms with Crippen LogP contribution in [0.15, 0.2) is 47.4 Å². The number of rotatable bonds is 3. The maximum absolute atomic E-state index is 13.6. The zero-order chi connectivity index (χ0) is 19.3. The number of quaternary nitrogens is 1. The molecule has 2 aliphatic rings. The number of benzene rings is 2. The van der Waals surface area contributed by atoms with Crippen molar-refractivity contribution < 1.29 is 30.6 Å². The molecule has 150 valence electrons. The van der Waals surface area contributed by atoms with Crippen molar-refractivity contribution in [1.29, 1.82) is 0 Å². The highest BCUT2D eigenvalue weighted by atomic mass is 35.5. The number of likely N-dealkylation sites (N-methyl/N-ethyl adjacent to an activating group) is 1. The number of piperidine rings is 1. The van der Waals surface area contributed by atoms with Crippen LogP contribution in [-0.4, -0.2) is 39.5 Å². The van der Waals surface area contributed by atoms with Gasteiger partial charge in [0.15, 0.2) is 4.90 Å². The zero-order valence-electron chi connectivity index (χ0n) is 15.6. The Morgan fingerprint density at radius 2 is 1.93 bits per heavy atom. The number of nitro benzene ring substituents is 1. The summed E-state index contributed by atoms with van der Waals surface area (Å²) in [6.07, 6.45) is 0.726. The molecule has 0 bridgehead atoms. The highest BCUT2D eigenvalue weighted by molar-refractivity contribution is 7.93. The van der Waals surface area contributed by atoms with Crippen LogP contribution in [0.3, 0.4) is 0 Å². The molecular weight excluding hydrogens is 402 g/mol. The molecular formula is C19H22ClN3O4S. The van der Waals surface area contributed by atoms with E-state index in [2.05, 4.69) is 13.1 Å². The Bertz CT molecular complexity index is 1030. The Labute approximate surface area is 170 Å². The molecule has 0 amide bonds. The van der Waals surface area contributed by atoms with Gasteiger partial charge in [0, 0.05) is 12.5 Å². The maximum Gasteiger partial charge on any atom is 0.289 e. The van der Waals surface area contributed by atoms with Crippen molar-refractivity contribution in [1.82, 2.24) is 0 Å². The zero-order valence-corrected chi connectivity index (χ0v) is 17.2. The van der Waals surface area contributed by atoms with E-state index in [-0.39, 0.29) is 34.9 Å². The molecule has 9 heteroatoms. The standard InChI is InChI=1S/C19H21N3O4S.ClH/c1-13-7-8-16-14(11-13)15-12-20(2)10-9-17(15)21(16)27(25,26)19-6-4-3-5-18(19)22(23)24;/h3-8,11,15,17H,9-10,12H2,1-2H3;1H. The predicted molar refractivity (Wildman–Crippen MR) is 102 cm³/mol. The summed E-state index contributed by atoms with van der Waals surface area (Å²) in [7, 11) is -1.93. The van der Waals surface area contributed by atoms with Crippen molar-refractivity contribution in [3.05, 3.63) is 63.7 Å². The molecule has 1 saturated heterocycles. The second-order valence-corrected chi connectivity index (χ2v) is 9.25. The quantitative estimate of drug-likeness (QED) is 0.480. The van der Waals surface area contributed by atoms with E-state index >= 15 is 0 Å².